The first kappa shape index (κ1) is 10.9. The van der Waals surface area contributed by atoms with Gasteiger partial charge in [0.05, 0.1) is 5.69 Å². The SMILES string of the molecule is C=CC1(O)C(=O)Nc2cc(Br)cc(Br)c21. The molecule has 78 valence electrons. The van der Waals surface area contributed by atoms with Crippen LogP contribution < -0.4 is 5.32 Å². The Balaban J connectivity index is 2.74. The average molecular weight is 333 g/mol. The zero-order valence-electron chi connectivity index (χ0n) is 7.55. The predicted octanol–water partition coefficient (Wildman–Crippen LogP) is 2.54. The molecule has 1 atom stereocenters. The minimum Gasteiger partial charge on any atom is -0.372 e. The van der Waals surface area contributed by atoms with Gasteiger partial charge in [0.25, 0.3) is 5.91 Å². The normalized spacial score (nSPS) is 23.5. The zero-order chi connectivity index (χ0) is 11.2. The number of hydrogen-bond donors (Lipinski definition) is 2. The first-order valence-electron chi connectivity index (χ1n) is 4.16. The Morgan fingerprint density at radius 1 is 1.47 bits per heavy atom. The highest BCUT2D eigenvalue weighted by Gasteiger charge is 2.44. The molecule has 2 N–H and O–H groups in total. The molecule has 15 heavy (non-hydrogen) atoms. The number of carbonyl (C=O) groups is 1. The summed E-state index contributed by atoms with van der Waals surface area (Å²) >= 11 is 6.62. The molecule has 0 saturated heterocycles. The summed E-state index contributed by atoms with van der Waals surface area (Å²) in [7, 11) is 0. The van der Waals surface area contributed by atoms with Crippen molar-refractivity contribution in [2.75, 3.05) is 5.32 Å². The predicted molar refractivity (Wildman–Crippen MR) is 64.6 cm³/mol. The molecule has 1 aliphatic rings. The van der Waals surface area contributed by atoms with Gasteiger partial charge in [0.1, 0.15) is 0 Å². The molecule has 1 aliphatic heterocycles. The van der Waals surface area contributed by atoms with Crippen molar-refractivity contribution in [1.82, 2.24) is 0 Å². The molecule has 0 spiro atoms. The molecule has 1 unspecified atom stereocenters. The second-order valence-corrected chi connectivity index (χ2v) is 5.00. The lowest BCUT2D eigenvalue weighted by atomic mass is 9.96. The van der Waals surface area contributed by atoms with Gasteiger partial charge in [-0.05, 0) is 18.2 Å². The van der Waals surface area contributed by atoms with Gasteiger partial charge < -0.3 is 10.4 Å². The Morgan fingerprint density at radius 2 is 2.13 bits per heavy atom. The van der Waals surface area contributed by atoms with Gasteiger partial charge >= 0.3 is 0 Å². The number of rotatable bonds is 1. The molecular weight excluding hydrogens is 326 g/mol. The summed E-state index contributed by atoms with van der Waals surface area (Å²) < 4.78 is 1.48. The maximum absolute atomic E-state index is 11.6. The Kier molecular flexibility index (Phi) is 2.48. The van der Waals surface area contributed by atoms with Crippen LogP contribution in [0.1, 0.15) is 5.56 Å². The van der Waals surface area contributed by atoms with E-state index >= 15 is 0 Å². The van der Waals surface area contributed by atoms with E-state index < -0.39 is 11.5 Å². The fourth-order valence-corrected chi connectivity index (χ4v) is 3.11. The Hall–Kier alpha value is -0.650. The highest BCUT2D eigenvalue weighted by molar-refractivity contribution is 9.11. The van der Waals surface area contributed by atoms with Crippen molar-refractivity contribution in [3.05, 3.63) is 39.3 Å². The summed E-state index contributed by atoms with van der Waals surface area (Å²) in [5.41, 5.74) is -0.552. The van der Waals surface area contributed by atoms with E-state index in [1.54, 1.807) is 12.1 Å². The molecule has 1 heterocycles. The number of aliphatic hydroxyl groups is 1. The number of hydrogen-bond acceptors (Lipinski definition) is 2. The smallest absolute Gasteiger partial charge is 0.265 e. The van der Waals surface area contributed by atoms with E-state index in [0.717, 1.165) is 4.47 Å². The molecule has 1 amide bonds. The molecule has 5 heteroatoms. The third kappa shape index (κ3) is 1.46. The van der Waals surface area contributed by atoms with Crippen LogP contribution in [0.5, 0.6) is 0 Å². The third-order valence-corrected chi connectivity index (χ3v) is 3.41. The second kappa shape index (κ2) is 3.43. The summed E-state index contributed by atoms with van der Waals surface area (Å²) in [6.07, 6.45) is 1.23. The molecule has 3 nitrogen and oxygen atoms in total. The highest BCUT2D eigenvalue weighted by Crippen LogP contribution is 2.43. The van der Waals surface area contributed by atoms with Crippen molar-refractivity contribution in [3.63, 3.8) is 0 Å². The summed E-state index contributed by atoms with van der Waals surface area (Å²) in [4.78, 5) is 11.6. The molecule has 0 aliphatic carbocycles. The molecule has 0 bridgehead atoms. The summed E-state index contributed by atoms with van der Waals surface area (Å²) in [6.45, 7) is 3.48. The minimum atomic E-state index is -1.64. The number of benzene rings is 1. The zero-order valence-corrected chi connectivity index (χ0v) is 10.7. The van der Waals surface area contributed by atoms with Crippen LogP contribution >= 0.6 is 31.9 Å². The molecular formula is C10H7Br2NO2. The molecule has 0 radical (unpaired) electrons. The molecule has 1 aromatic rings. The van der Waals surface area contributed by atoms with Crippen LogP contribution in [0.25, 0.3) is 0 Å². The van der Waals surface area contributed by atoms with E-state index in [4.69, 9.17) is 0 Å². The van der Waals surface area contributed by atoms with Gasteiger partial charge in [0.15, 0.2) is 5.60 Å². The Labute approximate surface area is 103 Å². The van der Waals surface area contributed by atoms with Crippen molar-refractivity contribution in [3.8, 4) is 0 Å². The van der Waals surface area contributed by atoms with Crippen LogP contribution in [0, 0.1) is 0 Å². The highest BCUT2D eigenvalue weighted by atomic mass is 79.9. The topological polar surface area (TPSA) is 49.3 Å². The number of carbonyl (C=O) groups excluding carboxylic acids is 1. The lowest BCUT2D eigenvalue weighted by Crippen LogP contribution is -2.31. The number of fused-ring (bicyclic) bond motifs is 1. The van der Waals surface area contributed by atoms with Crippen molar-refractivity contribution < 1.29 is 9.90 Å². The second-order valence-electron chi connectivity index (χ2n) is 3.23. The number of nitrogens with one attached hydrogen (secondary N) is 1. The quantitative estimate of drug-likeness (QED) is 0.776. The molecule has 2 rings (SSSR count). The lowest BCUT2D eigenvalue weighted by Gasteiger charge is -2.16. The van der Waals surface area contributed by atoms with Gasteiger partial charge in [-0.2, -0.15) is 0 Å². The summed E-state index contributed by atoms with van der Waals surface area (Å²) in [5, 5.41) is 12.7. The van der Waals surface area contributed by atoms with Crippen LogP contribution in [0.4, 0.5) is 5.69 Å². The maximum Gasteiger partial charge on any atom is 0.265 e. The van der Waals surface area contributed by atoms with Gasteiger partial charge in [0.2, 0.25) is 0 Å². The van der Waals surface area contributed by atoms with Crippen LogP contribution in [0.15, 0.2) is 33.7 Å². The van der Waals surface area contributed by atoms with Crippen molar-refractivity contribution in [1.29, 1.82) is 0 Å². The van der Waals surface area contributed by atoms with E-state index in [2.05, 4.69) is 43.8 Å². The third-order valence-electron chi connectivity index (χ3n) is 2.33. The number of halogens is 2. The van der Waals surface area contributed by atoms with E-state index in [-0.39, 0.29) is 0 Å². The summed E-state index contributed by atoms with van der Waals surface area (Å²) in [5.74, 6) is -0.480. The van der Waals surface area contributed by atoms with E-state index in [0.29, 0.717) is 15.7 Å². The van der Waals surface area contributed by atoms with Crippen LogP contribution in [-0.4, -0.2) is 11.0 Å². The van der Waals surface area contributed by atoms with Gasteiger partial charge in [-0.25, -0.2) is 0 Å². The maximum atomic E-state index is 11.6. The van der Waals surface area contributed by atoms with Gasteiger partial charge in [0, 0.05) is 14.5 Å². The first-order chi connectivity index (χ1) is 6.99. The molecule has 0 aromatic heterocycles. The molecule has 0 fully saturated rings. The molecule has 0 saturated carbocycles. The number of amides is 1. The van der Waals surface area contributed by atoms with Gasteiger partial charge in [-0.15, -0.1) is 0 Å². The van der Waals surface area contributed by atoms with Crippen molar-refractivity contribution in [2.45, 2.75) is 5.60 Å². The monoisotopic (exact) mass is 331 g/mol. The fraction of sp³-hybridized carbons (Fsp3) is 0.100. The lowest BCUT2D eigenvalue weighted by molar-refractivity contribution is -0.129. The standard InChI is InChI=1S/C10H7Br2NO2/c1-2-10(15)8-6(12)3-5(11)4-7(8)13-9(10)14/h2-4,15H,1H2,(H,13,14). The fourth-order valence-electron chi connectivity index (χ4n) is 1.59. The van der Waals surface area contributed by atoms with Gasteiger partial charge in [-0.3, -0.25) is 4.79 Å². The van der Waals surface area contributed by atoms with Crippen LogP contribution in [-0.2, 0) is 10.4 Å². The van der Waals surface area contributed by atoms with E-state index in [1.165, 1.54) is 6.08 Å². The Morgan fingerprint density at radius 3 is 2.73 bits per heavy atom. The Bertz CT molecular complexity index is 473. The summed E-state index contributed by atoms with van der Waals surface area (Å²) in [6, 6.07) is 3.51. The van der Waals surface area contributed by atoms with E-state index in [9.17, 15) is 9.90 Å². The van der Waals surface area contributed by atoms with Gasteiger partial charge in [-0.1, -0.05) is 38.4 Å². The number of anilines is 1. The minimum absolute atomic E-state index is 0.480. The largest absolute Gasteiger partial charge is 0.372 e. The van der Waals surface area contributed by atoms with Crippen molar-refractivity contribution >= 4 is 43.5 Å². The average Bonchev–Trinajstić information content (AvgIpc) is 2.39. The first-order valence-corrected chi connectivity index (χ1v) is 5.74. The van der Waals surface area contributed by atoms with Crippen molar-refractivity contribution in [2.24, 2.45) is 0 Å². The van der Waals surface area contributed by atoms with Crippen LogP contribution in [0.2, 0.25) is 0 Å². The molecule has 1 aromatic carbocycles. The van der Waals surface area contributed by atoms with E-state index in [1.807, 2.05) is 0 Å². The van der Waals surface area contributed by atoms with Crippen LogP contribution in [0.3, 0.4) is 0 Å².